The molecule has 1 spiro atoms. The lowest BCUT2D eigenvalue weighted by Crippen LogP contribution is -2.60. The molecule has 29 heavy (non-hydrogen) atoms. The van der Waals surface area contributed by atoms with E-state index in [2.05, 4.69) is 10.2 Å². The summed E-state index contributed by atoms with van der Waals surface area (Å²) in [6.45, 7) is 2.68. The van der Waals surface area contributed by atoms with Gasteiger partial charge in [0.05, 0.1) is 11.7 Å². The van der Waals surface area contributed by atoms with Gasteiger partial charge in [-0.2, -0.15) is 0 Å². The highest BCUT2D eigenvalue weighted by Gasteiger charge is 2.54. The molecule has 5 rings (SSSR count). The third-order valence-electron chi connectivity index (χ3n) is 6.80. The summed E-state index contributed by atoms with van der Waals surface area (Å²) < 4.78 is 28.0. The summed E-state index contributed by atoms with van der Waals surface area (Å²) >= 11 is 0. The van der Waals surface area contributed by atoms with Crippen LogP contribution in [0.15, 0.2) is 23.2 Å². The zero-order valence-electron chi connectivity index (χ0n) is 16.7. The molecule has 2 aliphatic carbocycles. The van der Waals surface area contributed by atoms with Crippen LogP contribution >= 0.6 is 0 Å². The molecule has 5 nitrogen and oxygen atoms in total. The topological polar surface area (TPSA) is 47.9 Å². The van der Waals surface area contributed by atoms with Crippen LogP contribution in [0, 0.1) is 17.6 Å². The Hall–Kier alpha value is -2.02. The maximum Gasteiger partial charge on any atom is 0.328 e. The largest absolute Gasteiger partial charge is 0.328 e. The van der Waals surface area contributed by atoms with E-state index in [1.54, 1.807) is 4.90 Å². The van der Waals surface area contributed by atoms with Gasteiger partial charge in [-0.25, -0.2) is 13.6 Å². The molecule has 2 saturated heterocycles. The fraction of sp³-hybridized carbons (Fsp3) is 0.636. The summed E-state index contributed by atoms with van der Waals surface area (Å²) in [6.07, 6.45) is 8.61. The summed E-state index contributed by atoms with van der Waals surface area (Å²) in [6, 6.07) is 3.24. The maximum absolute atomic E-state index is 14.0. The second-order valence-corrected chi connectivity index (χ2v) is 9.12. The number of aliphatic imine (C=N–C) groups is 1. The van der Waals surface area contributed by atoms with Gasteiger partial charge < -0.3 is 4.90 Å². The van der Waals surface area contributed by atoms with Gasteiger partial charge in [-0.15, -0.1) is 0 Å². The zero-order valence-corrected chi connectivity index (χ0v) is 16.7. The number of amides is 2. The Labute approximate surface area is 170 Å². The van der Waals surface area contributed by atoms with E-state index in [1.165, 1.54) is 25.0 Å². The van der Waals surface area contributed by atoms with E-state index in [0.717, 1.165) is 63.6 Å². The number of amidine groups is 1. The summed E-state index contributed by atoms with van der Waals surface area (Å²) in [4.78, 5) is 22.0. The van der Waals surface area contributed by atoms with Crippen LogP contribution in [-0.4, -0.2) is 48.0 Å². The predicted octanol–water partition coefficient (Wildman–Crippen LogP) is 4.08. The Morgan fingerprint density at radius 1 is 1.07 bits per heavy atom. The smallest absolute Gasteiger partial charge is 0.300 e. The Bertz CT molecular complexity index is 814. The van der Waals surface area contributed by atoms with Crippen molar-refractivity contribution in [2.24, 2.45) is 10.9 Å². The minimum atomic E-state index is -0.674. The Kier molecular flexibility index (Phi) is 4.81. The monoisotopic (exact) mass is 402 g/mol. The lowest BCUT2D eigenvalue weighted by Gasteiger charge is -2.44. The number of nitrogens with one attached hydrogen (secondary N) is 1. The van der Waals surface area contributed by atoms with Gasteiger partial charge in [0.1, 0.15) is 23.0 Å². The van der Waals surface area contributed by atoms with Crippen LogP contribution in [0.25, 0.3) is 0 Å². The number of anilines is 1. The molecule has 0 bridgehead atoms. The number of nitrogens with zero attached hydrogens (tertiary/aromatic N) is 3. The van der Waals surface area contributed by atoms with Crippen LogP contribution in [0.3, 0.4) is 0 Å². The Balaban J connectivity index is 1.55. The molecule has 1 atom stereocenters. The first-order valence-corrected chi connectivity index (χ1v) is 10.9. The maximum atomic E-state index is 14.0. The van der Waals surface area contributed by atoms with Crippen LogP contribution in [0.4, 0.5) is 19.3 Å². The molecule has 156 valence electrons. The average molecular weight is 402 g/mol. The normalized spacial score (nSPS) is 29.9. The molecule has 1 aromatic rings. The van der Waals surface area contributed by atoms with Crippen molar-refractivity contribution in [1.82, 2.24) is 10.2 Å². The van der Waals surface area contributed by atoms with Crippen LogP contribution in [0.1, 0.15) is 51.4 Å². The first-order valence-electron chi connectivity index (χ1n) is 10.9. The molecule has 1 N–H and O–H groups in total. The van der Waals surface area contributed by atoms with Crippen LogP contribution in [-0.2, 0) is 0 Å². The van der Waals surface area contributed by atoms with Gasteiger partial charge in [-0.1, -0.05) is 12.8 Å². The number of benzene rings is 1. The van der Waals surface area contributed by atoms with Gasteiger partial charge >= 0.3 is 6.03 Å². The molecular formula is C22H28F2N4O. The first-order chi connectivity index (χ1) is 14.0. The highest BCUT2D eigenvalue weighted by molar-refractivity contribution is 6.19. The molecule has 2 heterocycles. The lowest BCUT2D eigenvalue weighted by molar-refractivity contribution is 0.177. The number of carbonyl (C=O) groups is 1. The Morgan fingerprint density at radius 3 is 2.48 bits per heavy atom. The molecule has 7 heteroatoms. The standard InChI is InChI=1S/C22H28F2N4O/c23-16-10-17(24)12-19(11-16)28-21(29)26-20(25-18-4-1-2-5-18)22(28)8-3-9-27(14-22)13-15-6-7-15/h10-12,15,18H,1-9,13-14H2,(H,25,26,29). The molecule has 1 aromatic carbocycles. The fourth-order valence-corrected chi connectivity index (χ4v) is 5.30. The van der Waals surface area contributed by atoms with Crippen molar-refractivity contribution in [1.29, 1.82) is 0 Å². The summed E-state index contributed by atoms with van der Waals surface area (Å²) in [5.74, 6) is 0.0922. The van der Waals surface area contributed by atoms with Gasteiger partial charge in [0.25, 0.3) is 0 Å². The second-order valence-electron chi connectivity index (χ2n) is 9.12. The second kappa shape index (κ2) is 7.35. The number of likely N-dealkylation sites (tertiary alicyclic amines) is 1. The van der Waals surface area contributed by atoms with Crippen molar-refractivity contribution in [3.05, 3.63) is 29.8 Å². The molecule has 1 unspecified atom stereocenters. The van der Waals surface area contributed by atoms with Gasteiger partial charge in [0.2, 0.25) is 0 Å². The summed E-state index contributed by atoms with van der Waals surface area (Å²) in [7, 11) is 0. The molecule has 2 amide bonds. The van der Waals surface area contributed by atoms with Crippen molar-refractivity contribution in [2.75, 3.05) is 24.5 Å². The highest BCUT2D eigenvalue weighted by atomic mass is 19.1. The first kappa shape index (κ1) is 19.0. The number of piperidine rings is 1. The number of hydrogen-bond donors (Lipinski definition) is 1. The minimum Gasteiger partial charge on any atom is -0.300 e. The van der Waals surface area contributed by atoms with Crippen LogP contribution < -0.4 is 10.2 Å². The van der Waals surface area contributed by atoms with Gasteiger partial charge in [-0.05, 0) is 63.1 Å². The van der Waals surface area contributed by atoms with Crippen molar-refractivity contribution in [2.45, 2.75) is 62.9 Å². The number of carbonyl (C=O) groups excluding carboxylic acids is 1. The van der Waals surface area contributed by atoms with Crippen molar-refractivity contribution in [3.63, 3.8) is 0 Å². The molecule has 0 aromatic heterocycles. The molecule has 4 fully saturated rings. The van der Waals surface area contributed by atoms with Gasteiger partial charge in [0.15, 0.2) is 0 Å². The quantitative estimate of drug-likeness (QED) is 0.825. The average Bonchev–Trinajstić information content (AvgIpc) is 3.24. The van der Waals surface area contributed by atoms with E-state index < -0.39 is 17.2 Å². The fourth-order valence-electron chi connectivity index (χ4n) is 5.30. The lowest BCUT2D eigenvalue weighted by atomic mass is 9.86. The summed E-state index contributed by atoms with van der Waals surface area (Å²) in [5.41, 5.74) is -0.405. The van der Waals surface area contributed by atoms with Crippen molar-refractivity contribution >= 4 is 17.6 Å². The summed E-state index contributed by atoms with van der Waals surface area (Å²) in [5, 5.41) is 2.98. The van der Waals surface area contributed by atoms with E-state index >= 15 is 0 Å². The number of hydrogen-bond acceptors (Lipinski definition) is 3. The van der Waals surface area contributed by atoms with Crippen molar-refractivity contribution in [3.8, 4) is 0 Å². The van der Waals surface area contributed by atoms with Gasteiger partial charge in [0, 0.05) is 19.2 Å². The molecule has 2 aliphatic heterocycles. The molecular weight excluding hydrogens is 374 g/mol. The molecule has 4 aliphatic rings. The van der Waals surface area contributed by atoms with Gasteiger partial charge in [-0.3, -0.25) is 15.2 Å². The van der Waals surface area contributed by atoms with E-state index in [1.807, 2.05) is 0 Å². The Morgan fingerprint density at radius 2 is 1.79 bits per heavy atom. The van der Waals surface area contributed by atoms with Crippen LogP contribution in [0.5, 0.6) is 0 Å². The predicted molar refractivity (Wildman–Crippen MR) is 108 cm³/mol. The van der Waals surface area contributed by atoms with Crippen LogP contribution in [0.2, 0.25) is 0 Å². The van der Waals surface area contributed by atoms with E-state index in [0.29, 0.717) is 12.4 Å². The van der Waals surface area contributed by atoms with Crippen molar-refractivity contribution < 1.29 is 13.6 Å². The SMILES string of the molecule is O=C1NC(=NC2CCCC2)C2(CCCN(CC3CC3)C2)N1c1cc(F)cc(F)c1. The molecule has 0 radical (unpaired) electrons. The third kappa shape index (κ3) is 3.65. The minimum absolute atomic E-state index is 0.227. The zero-order chi connectivity index (χ0) is 20.0. The number of urea groups is 1. The number of rotatable bonds is 4. The van der Waals surface area contributed by atoms with E-state index in [-0.39, 0.29) is 17.8 Å². The third-order valence-corrected chi connectivity index (χ3v) is 6.80. The highest BCUT2D eigenvalue weighted by Crippen LogP contribution is 2.39. The number of halogens is 2. The van der Waals surface area contributed by atoms with E-state index in [4.69, 9.17) is 4.99 Å². The molecule has 2 saturated carbocycles. The van der Waals surface area contributed by atoms with E-state index in [9.17, 15) is 13.6 Å².